The molecule has 0 amide bonds. The van der Waals surface area contributed by atoms with Crippen LogP contribution < -0.4 is 0 Å². The van der Waals surface area contributed by atoms with Crippen molar-refractivity contribution in [3.8, 4) is 0 Å². The van der Waals surface area contributed by atoms with Gasteiger partial charge in [-0.25, -0.2) is 0 Å². The van der Waals surface area contributed by atoms with Crippen molar-refractivity contribution >= 4 is 15.9 Å². The first-order chi connectivity index (χ1) is 6.84. The highest BCUT2D eigenvalue weighted by Gasteiger charge is 2.30. The molecule has 1 atom stereocenters. The summed E-state index contributed by atoms with van der Waals surface area (Å²) in [5.41, 5.74) is 3.13. The molecular weight excluding hydrogens is 238 g/mol. The van der Waals surface area contributed by atoms with Crippen LogP contribution in [-0.2, 0) is 6.42 Å². The summed E-state index contributed by atoms with van der Waals surface area (Å²) in [4.78, 5) is 2.61. The molecule has 1 fully saturated rings. The molecule has 0 aromatic heterocycles. The van der Waals surface area contributed by atoms with Gasteiger partial charge in [-0.1, -0.05) is 22.0 Å². The normalized spacial score (nSPS) is 25.9. The lowest BCUT2D eigenvalue weighted by molar-refractivity contribution is 0.118. The lowest BCUT2D eigenvalue weighted by Gasteiger charge is -2.36. The maximum Gasteiger partial charge on any atom is 0.0354 e. The zero-order valence-electron chi connectivity index (χ0n) is 8.17. The minimum atomic E-state index is 0.729. The van der Waals surface area contributed by atoms with E-state index in [1.807, 2.05) is 0 Å². The average Bonchev–Trinajstić information content (AvgIpc) is 2.45. The van der Waals surface area contributed by atoms with E-state index in [-0.39, 0.29) is 0 Å². The van der Waals surface area contributed by atoms with Gasteiger partial charge in [-0.2, -0.15) is 0 Å². The van der Waals surface area contributed by atoms with Crippen LogP contribution in [0.15, 0.2) is 22.7 Å². The largest absolute Gasteiger partial charge is 0.296 e. The molecule has 0 saturated carbocycles. The van der Waals surface area contributed by atoms with E-state index < -0.39 is 0 Å². The minimum Gasteiger partial charge on any atom is -0.296 e. The van der Waals surface area contributed by atoms with Gasteiger partial charge in [-0.3, -0.25) is 4.90 Å². The van der Waals surface area contributed by atoms with E-state index in [4.69, 9.17) is 0 Å². The van der Waals surface area contributed by atoms with Crippen LogP contribution in [-0.4, -0.2) is 18.0 Å². The first kappa shape index (κ1) is 8.93. The molecule has 1 aliphatic heterocycles. The Morgan fingerprint density at radius 2 is 2.14 bits per heavy atom. The highest BCUT2D eigenvalue weighted by Crippen LogP contribution is 2.38. The predicted molar refractivity (Wildman–Crippen MR) is 61.4 cm³/mol. The number of fused-ring (bicyclic) bond motifs is 1. The smallest absolute Gasteiger partial charge is 0.0354 e. The summed E-state index contributed by atoms with van der Waals surface area (Å²) in [6.07, 6.45) is 3.98. The topological polar surface area (TPSA) is 3.24 Å². The third-order valence-electron chi connectivity index (χ3n) is 3.48. The van der Waals surface area contributed by atoms with Crippen LogP contribution in [0.3, 0.4) is 0 Å². The Morgan fingerprint density at radius 3 is 2.86 bits per heavy atom. The SMILES string of the molecule is Brc1ccc2c(c1)CCC2N1CCC1. The standard InChI is InChI=1S/C12H14BrN/c13-10-3-4-11-9(8-10)2-5-12(11)14-6-1-7-14/h3-4,8,12H,1-2,5-7H2. The molecule has 74 valence electrons. The molecule has 1 aromatic rings. The Kier molecular flexibility index (Phi) is 2.14. The van der Waals surface area contributed by atoms with Gasteiger partial charge in [0.1, 0.15) is 0 Å². The van der Waals surface area contributed by atoms with E-state index in [0.717, 1.165) is 6.04 Å². The Labute approximate surface area is 93.2 Å². The first-order valence-electron chi connectivity index (χ1n) is 5.37. The highest BCUT2D eigenvalue weighted by molar-refractivity contribution is 9.10. The monoisotopic (exact) mass is 251 g/mol. The zero-order valence-corrected chi connectivity index (χ0v) is 9.76. The van der Waals surface area contributed by atoms with Gasteiger partial charge in [0, 0.05) is 10.5 Å². The van der Waals surface area contributed by atoms with Gasteiger partial charge in [0.2, 0.25) is 0 Å². The van der Waals surface area contributed by atoms with E-state index in [1.165, 1.54) is 36.8 Å². The fourth-order valence-electron chi connectivity index (χ4n) is 2.60. The number of hydrogen-bond acceptors (Lipinski definition) is 1. The van der Waals surface area contributed by atoms with E-state index in [2.05, 4.69) is 39.0 Å². The fraction of sp³-hybridized carbons (Fsp3) is 0.500. The fourth-order valence-corrected chi connectivity index (χ4v) is 3.00. The molecular formula is C12H14BrN. The Hall–Kier alpha value is -0.340. The van der Waals surface area contributed by atoms with Gasteiger partial charge in [0.05, 0.1) is 0 Å². The van der Waals surface area contributed by atoms with E-state index >= 15 is 0 Å². The number of rotatable bonds is 1. The van der Waals surface area contributed by atoms with Crippen LogP contribution in [0.5, 0.6) is 0 Å². The first-order valence-corrected chi connectivity index (χ1v) is 6.16. The molecule has 1 heterocycles. The van der Waals surface area contributed by atoms with Gasteiger partial charge in [0.25, 0.3) is 0 Å². The molecule has 2 heteroatoms. The molecule has 1 nitrogen and oxygen atoms in total. The van der Waals surface area contributed by atoms with E-state index in [1.54, 1.807) is 11.1 Å². The molecule has 0 radical (unpaired) electrons. The second-order valence-corrected chi connectivity index (χ2v) is 5.20. The van der Waals surface area contributed by atoms with Crippen molar-refractivity contribution in [2.45, 2.75) is 25.3 Å². The minimum absolute atomic E-state index is 0.729. The van der Waals surface area contributed by atoms with Gasteiger partial charge in [-0.15, -0.1) is 0 Å². The van der Waals surface area contributed by atoms with Crippen molar-refractivity contribution in [3.63, 3.8) is 0 Å². The van der Waals surface area contributed by atoms with Crippen molar-refractivity contribution in [1.29, 1.82) is 0 Å². The number of hydrogen-bond donors (Lipinski definition) is 0. The Bertz CT molecular complexity index is 357. The van der Waals surface area contributed by atoms with E-state index in [0.29, 0.717) is 0 Å². The summed E-state index contributed by atoms with van der Waals surface area (Å²) in [5, 5.41) is 0. The van der Waals surface area contributed by atoms with Crippen LogP contribution in [0.4, 0.5) is 0 Å². The predicted octanol–water partition coefficient (Wildman–Crippen LogP) is 3.14. The number of halogens is 1. The molecule has 3 rings (SSSR count). The van der Waals surface area contributed by atoms with E-state index in [9.17, 15) is 0 Å². The molecule has 1 unspecified atom stereocenters. The van der Waals surface area contributed by atoms with Crippen molar-refractivity contribution < 1.29 is 0 Å². The Balaban J connectivity index is 1.93. The van der Waals surface area contributed by atoms with Crippen LogP contribution in [0.2, 0.25) is 0 Å². The quantitative estimate of drug-likeness (QED) is 0.742. The van der Waals surface area contributed by atoms with Crippen LogP contribution in [0.25, 0.3) is 0 Å². The maximum atomic E-state index is 3.54. The lowest BCUT2D eigenvalue weighted by atomic mass is 10.0. The van der Waals surface area contributed by atoms with Crippen molar-refractivity contribution in [1.82, 2.24) is 4.90 Å². The average molecular weight is 252 g/mol. The number of likely N-dealkylation sites (tertiary alicyclic amines) is 1. The van der Waals surface area contributed by atoms with Crippen LogP contribution in [0, 0.1) is 0 Å². The molecule has 0 N–H and O–H groups in total. The zero-order chi connectivity index (χ0) is 9.54. The van der Waals surface area contributed by atoms with Crippen LogP contribution in [0.1, 0.15) is 30.0 Å². The van der Waals surface area contributed by atoms with Crippen molar-refractivity contribution in [2.24, 2.45) is 0 Å². The van der Waals surface area contributed by atoms with Gasteiger partial charge in [-0.05, 0) is 55.6 Å². The molecule has 0 bridgehead atoms. The molecule has 2 aliphatic rings. The summed E-state index contributed by atoms with van der Waals surface area (Å²) in [7, 11) is 0. The summed E-state index contributed by atoms with van der Waals surface area (Å²) in [6.45, 7) is 2.61. The third kappa shape index (κ3) is 1.32. The number of benzene rings is 1. The highest BCUT2D eigenvalue weighted by atomic mass is 79.9. The molecule has 1 aliphatic carbocycles. The summed E-state index contributed by atoms with van der Waals surface area (Å²) in [5.74, 6) is 0. The second kappa shape index (κ2) is 3.35. The molecule has 1 saturated heterocycles. The van der Waals surface area contributed by atoms with Gasteiger partial charge in [0.15, 0.2) is 0 Å². The molecule has 1 aromatic carbocycles. The summed E-state index contributed by atoms with van der Waals surface area (Å²) >= 11 is 3.54. The lowest BCUT2D eigenvalue weighted by Crippen LogP contribution is -2.39. The maximum absolute atomic E-state index is 3.54. The van der Waals surface area contributed by atoms with Gasteiger partial charge >= 0.3 is 0 Å². The number of nitrogens with zero attached hydrogens (tertiary/aromatic N) is 1. The Morgan fingerprint density at radius 1 is 1.29 bits per heavy atom. The second-order valence-electron chi connectivity index (χ2n) is 4.29. The van der Waals surface area contributed by atoms with Crippen LogP contribution >= 0.6 is 15.9 Å². The van der Waals surface area contributed by atoms with Gasteiger partial charge < -0.3 is 0 Å². The molecule has 0 spiro atoms. The number of aryl methyl sites for hydroxylation is 1. The summed E-state index contributed by atoms with van der Waals surface area (Å²) in [6, 6.07) is 7.49. The third-order valence-corrected chi connectivity index (χ3v) is 3.98. The molecule has 14 heavy (non-hydrogen) atoms. The van der Waals surface area contributed by atoms with Crippen molar-refractivity contribution in [2.75, 3.05) is 13.1 Å². The summed E-state index contributed by atoms with van der Waals surface area (Å²) < 4.78 is 1.22. The van der Waals surface area contributed by atoms with Crippen molar-refractivity contribution in [3.05, 3.63) is 33.8 Å².